The Bertz CT molecular complexity index is 1550. The van der Waals surface area contributed by atoms with Crippen molar-refractivity contribution in [3.8, 4) is 17.0 Å². The SMILES string of the molecule is O=C(c1cc(-c2ccccc2)nc2c1cnn2Cc1ccco1)N1CC=C(c2ccc(O)cc2)CC1. The zero-order valence-corrected chi connectivity index (χ0v) is 19.5. The Balaban J connectivity index is 1.36. The Kier molecular flexibility index (Phi) is 5.58. The molecule has 1 amide bonds. The predicted molar refractivity (Wildman–Crippen MR) is 137 cm³/mol. The lowest BCUT2D eigenvalue weighted by molar-refractivity contribution is 0.0775. The Hall–Kier alpha value is -4.65. The Labute approximate surface area is 207 Å². The third-order valence-electron chi connectivity index (χ3n) is 6.53. The third kappa shape index (κ3) is 4.15. The lowest BCUT2D eigenvalue weighted by Crippen LogP contribution is -2.34. The number of aromatic hydroxyl groups is 1. The number of phenolic OH excluding ortho intramolecular Hbond substituents is 1. The van der Waals surface area contributed by atoms with Gasteiger partial charge in [-0.15, -0.1) is 0 Å². The van der Waals surface area contributed by atoms with Gasteiger partial charge in [-0.2, -0.15) is 5.10 Å². The molecular weight excluding hydrogens is 452 g/mol. The van der Waals surface area contributed by atoms with E-state index in [4.69, 9.17) is 9.40 Å². The molecule has 0 radical (unpaired) electrons. The number of hydrogen-bond acceptors (Lipinski definition) is 5. The van der Waals surface area contributed by atoms with Crippen molar-refractivity contribution in [3.05, 3.63) is 108 Å². The van der Waals surface area contributed by atoms with E-state index in [1.807, 2.05) is 65.6 Å². The lowest BCUT2D eigenvalue weighted by atomic mass is 9.98. The molecule has 0 aliphatic carbocycles. The molecule has 5 aromatic rings. The van der Waals surface area contributed by atoms with E-state index in [0.29, 0.717) is 30.8 Å². The molecule has 3 aromatic heterocycles. The molecule has 0 fully saturated rings. The largest absolute Gasteiger partial charge is 0.508 e. The van der Waals surface area contributed by atoms with Crippen LogP contribution in [0.4, 0.5) is 0 Å². The average Bonchev–Trinajstić information content (AvgIpc) is 3.59. The van der Waals surface area contributed by atoms with Gasteiger partial charge in [0.05, 0.1) is 29.1 Å². The van der Waals surface area contributed by atoms with Crippen molar-refractivity contribution in [1.29, 1.82) is 0 Å². The number of fused-ring (bicyclic) bond motifs is 1. The molecule has 1 aliphatic heterocycles. The molecule has 1 aliphatic rings. The summed E-state index contributed by atoms with van der Waals surface area (Å²) in [6.07, 6.45) is 6.18. The molecule has 178 valence electrons. The number of amides is 1. The van der Waals surface area contributed by atoms with Gasteiger partial charge in [-0.25, -0.2) is 9.67 Å². The molecule has 6 rings (SSSR count). The zero-order valence-electron chi connectivity index (χ0n) is 19.5. The van der Waals surface area contributed by atoms with Crippen LogP contribution >= 0.6 is 0 Å². The maximum absolute atomic E-state index is 13.8. The molecule has 7 nitrogen and oxygen atoms in total. The summed E-state index contributed by atoms with van der Waals surface area (Å²) in [6.45, 7) is 1.55. The van der Waals surface area contributed by atoms with Gasteiger partial charge in [-0.3, -0.25) is 4.79 Å². The summed E-state index contributed by atoms with van der Waals surface area (Å²) < 4.78 is 7.29. The van der Waals surface area contributed by atoms with E-state index in [0.717, 1.165) is 34.4 Å². The van der Waals surface area contributed by atoms with Gasteiger partial charge in [0.25, 0.3) is 5.91 Å². The van der Waals surface area contributed by atoms with Gasteiger partial charge in [0.15, 0.2) is 5.65 Å². The van der Waals surface area contributed by atoms with Crippen molar-refractivity contribution in [2.75, 3.05) is 13.1 Å². The van der Waals surface area contributed by atoms with Crippen LogP contribution in [-0.4, -0.2) is 43.8 Å². The van der Waals surface area contributed by atoms with Crippen molar-refractivity contribution in [2.45, 2.75) is 13.0 Å². The Morgan fingerprint density at radius 1 is 1.00 bits per heavy atom. The topological polar surface area (TPSA) is 84.4 Å². The van der Waals surface area contributed by atoms with Crippen LogP contribution in [0.2, 0.25) is 0 Å². The molecule has 0 atom stereocenters. The van der Waals surface area contributed by atoms with Gasteiger partial charge >= 0.3 is 0 Å². The fourth-order valence-electron chi connectivity index (χ4n) is 4.61. The van der Waals surface area contributed by atoms with Gasteiger partial charge in [0.2, 0.25) is 0 Å². The van der Waals surface area contributed by atoms with Gasteiger partial charge in [-0.1, -0.05) is 48.5 Å². The van der Waals surface area contributed by atoms with Gasteiger partial charge in [0, 0.05) is 18.7 Å². The Morgan fingerprint density at radius 2 is 1.83 bits per heavy atom. The molecule has 1 N–H and O–H groups in total. The van der Waals surface area contributed by atoms with E-state index >= 15 is 0 Å². The maximum atomic E-state index is 13.8. The van der Waals surface area contributed by atoms with Crippen molar-refractivity contribution in [2.24, 2.45) is 0 Å². The minimum absolute atomic E-state index is 0.0434. The number of carbonyl (C=O) groups is 1. The predicted octanol–water partition coefficient (Wildman–Crippen LogP) is 5.37. The van der Waals surface area contributed by atoms with Gasteiger partial charge in [-0.05, 0) is 47.9 Å². The number of rotatable bonds is 5. The van der Waals surface area contributed by atoms with Crippen LogP contribution in [0.5, 0.6) is 5.75 Å². The van der Waals surface area contributed by atoms with Crippen molar-refractivity contribution >= 4 is 22.5 Å². The number of phenols is 1. The van der Waals surface area contributed by atoms with Crippen LogP contribution in [0, 0.1) is 0 Å². The summed E-state index contributed by atoms with van der Waals surface area (Å²) in [7, 11) is 0. The summed E-state index contributed by atoms with van der Waals surface area (Å²) in [5, 5.41) is 14.8. The molecular formula is C29H24N4O3. The van der Waals surface area contributed by atoms with Crippen molar-refractivity contribution in [3.63, 3.8) is 0 Å². The molecule has 0 unspecified atom stereocenters. The molecule has 2 aromatic carbocycles. The van der Waals surface area contributed by atoms with Crippen LogP contribution in [0.15, 0.2) is 95.7 Å². The average molecular weight is 477 g/mol. The number of pyridine rings is 1. The van der Waals surface area contributed by atoms with Crippen molar-refractivity contribution in [1.82, 2.24) is 19.7 Å². The van der Waals surface area contributed by atoms with E-state index in [1.165, 1.54) is 5.57 Å². The second kappa shape index (κ2) is 9.19. The molecule has 0 saturated heterocycles. The first kappa shape index (κ1) is 21.9. The fourth-order valence-corrected chi connectivity index (χ4v) is 4.61. The van der Waals surface area contributed by atoms with E-state index in [9.17, 15) is 9.90 Å². The summed E-state index contributed by atoms with van der Waals surface area (Å²) in [5.74, 6) is 0.969. The summed E-state index contributed by atoms with van der Waals surface area (Å²) in [4.78, 5) is 20.5. The fraction of sp³-hybridized carbons (Fsp3) is 0.138. The summed E-state index contributed by atoms with van der Waals surface area (Å²) in [5.41, 5.74) is 5.14. The second-order valence-electron chi connectivity index (χ2n) is 8.82. The highest BCUT2D eigenvalue weighted by Crippen LogP contribution is 2.29. The first-order chi connectivity index (χ1) is 17.7. The smallest absolute Gasteiger partial charge is 0.255 e. The van der Waals surface area contributed by atoms with E-state index in [2.05, 4.69) is 11.2 Å². The number of benzene rings is 2. The molecule has 4 heterocycles. The first-order valence-electron chi connectivity index (χ1n) is 11.9. The van der Waals surface area contributed by atoms with Crippen molar-refractivity contribution < 1.29 is 14.3 Å². The number of nitrogens with zero attached hydrogens (tertiary/aromatic N) is 4. The number of aromatic nitrogens is 3. The molecule has 0 saturated carbocycles. The first-order valence-corrected chi connectivity index (χ1v) is 11.9. The third-order valence-corrected chi connectivity index (χ3v) is 6.53. The molecule has 36 heavy (non-hydrogen) atoms. The quantitative estimate of drug-likeness (QED) is 0.368. The number of hydrogen-bond donors (Lipinski definition) is 1. The van der Waals surface area contributed by atoms with Gasteiger partial charge in [0.1, 0.15) is 18.1 Å². The van der Waals surface area contributed by atoms with Crippen LogP contribution in [0.25, 0.3) is 27.9 Å². The minimum atomic E-state index is -0.0434. The summed E-state index contributed by atoms with van der Waals surface area (Å²) in [6, 6.07) is 22.7. The minimum Gasteiger partial charge on any atom is -0.508 e. The highest BCUT2D eigenvalue weighted by Gasteiger charge is 2.24. The summed E-state index contributed by atoms with van der Waals surface area (Å²) >= 11 is 0. The highest BCUT2D eigenvalue weighted by atomic mass is 16.3. The molecule has 0 bridgehead atoms. The van der Waals surface area contributed by atoms with Crippen LogP contribution in [0.1, 0.15) is 28.1 Å². The van der Waals surface area contributed by atoms with Crippen LogP contribution in [0.3, 0.4) is 0 Å². The lowest BCUT2D eigenvalue weighted by Gasteiger charge is -2.27. The van der Waals surface area contributed by atoms with Gasteiger partial charge < -0.3 is 14.4 Å². The monoisotopic (exact) mass is 476 g/mol. The highest BCUT2D eigenvalue weighted by molar-refractivity contribution is 6.06. The van der Waals surface area contributed by atoms with E-state index in [1.54, 1.807) is 29.3 Å². The standard InChI is InChI=1S/C29H24N4O3/c34-23-10-8-20(9-11-23)21-12-14-32(15-13-21)29(35)25-17-27(22-5-2-1-3-6-22)31-28-26(25)18-30-33(28)19-24-7-4-16-36-24/h1-12,16-18,34H,13-15,19H2. The normalized spacial score (nSPS) is 13.7. The Morgan fingerprint density at radius 3 is 2.56 bits per heavy atom. The van der Waals surface area contributed by atoms with E-state index < -0.39 is 0 Å². The van der Waals surface area contributed by atoms with E-state index in [-0.39, 0.29) is 11.7 Å². The van der Waals surface area contributed by atoms with Crippen LogP contribution in [-0.2, 0) is 6.54 Å². The zero-order chi connectivity index (χ0) is 24.5. The molecule has 7 heteroatoms. The second-order valence-corrected chi connectivity index (χ2v) is 8.82. The van der Waals surface area contributed by atoms with Crippen LogP contribution < -0.4 is 0 Å². The molecule has 0 spiro atoms. The number of carbonyl (C=O) groups excluding carboxylic acids is 1. The maximum Gasteiger partial charge on any atom is 0.255 e. The number of furan rings is 1.